The average molecular weight is 416 g/mol. The van der Waals surface area contributed by atoms with Gasteiger partial charge in [0.2, 0.25) is 0 Å². The molecule has 0 aliphatic carbocycles. The number of nitrogens with one attached hydrogen (secondary N) is 1. The van der Waals surface area contributed by atoms with Crippen molar-refractivity contribution < 1.29 is 26.7 Å². The summed E-state index contributed by atoms with van der Waals surface area (Å²) in [6, 6.07) is 5.81. The quantitative estimate of drug-likeness (QED) is 0.562. The molecule has 1 aromatic carbocycles. The maximum absolute atomic E-state index is 14.1. The van der Waals surface area contributed by atoms with Gasteiger partial charge in [-0.3, -0.25) is 4.79 Å². The number of anilines is 1. The molecule has 0 aliphatic heterocycles. The number of nitrogens with zero attached hydrogens (tertiary/aromatic N) is 1. The lowest BCUT2D eigenvalue weighted by Crippen LogP contribution is -2.28. The SMILES string of the molecule is CCC(F)(F)Cn1c(C(C)(C)C)cc(C(=O)Nc2cccc(C(F)(F)F)c2)c1C. The Labute approximate surface area is 166 Å². The molecule has 3 nitrogen and oxygen atoms in total. The van der Waals surface area contributed by atoms with E-state index < -0.39 is 35.5 Å². The van der Waals surface area contributed by atoms with E-state index in [-0.39, 0.29) is 17.7 Å². The van der Waals surface area contributed by atoms with Gasteiger partial charge in [-0.25, -0.2) is 8.78 Å². The molecule has 2 aromatic rings. The zero-order valence-electron chi connectivity index (χ0n) is 17.0. The minimum absolute atomic E-state index is 0.0202. The number of hydrogen-bond donors (Lipinski definition) is 1. The summed E-state index contributed by atoms with van der Waals surface area (Å²) in [4.78, 5) is 12.7. The summed E-state index contributed by atoms with van der Waals surface area (Å²) in [7, 11) is 0. The van der Waals surface area contributed by atoms with E-state index in [0.29, 0.717) is 11.4 Å². The van der Waals surface area contributed by atoms with Gasteiger partial charge in [-0.1, -0.05) is 33.8 Å². The number of amides is 1. The Hall–Kier alpha value is -2.38. The number of hydrogen-bond acceptors (Lipinski definition) is 1. The normalized spacial score (nSPS) is 12.9. The number of aromatic nitrogens is 1. The van der Waals surface area contributed by atoms with Crippen LogP contribution in [0.1, 0.15) is 61.4 Å². The smallest absolute Gasteiger partial charge is 0.342 e. The zero-order chi connectivity index (χ0) is 22.2. The lowest BCUT2D eigenvalue weighted by Gasteiger charge is -2.25. The van der Waals surface area contributed by atoms with Crippen molar-refractivity contribution in [3.8, 4) is 0 Å². The van der Waals surface area contributed by atoms with Crippen molar-refractivity contribution in [1.29, 1.82) is 0 Å². The zero-order valence-corrected chi connectivity index (χ0v) is 17.0. The van der Waals surface area contributed by atoms with Crippen molar-refractivity contribution >= 4 is 11.6 Å². The number of halogens is 5. The van der Waals surface area contributed by atoms with Gasteiger partial charge in [0.1, 0.15) is 0 Å². The van der Waals surface area contributed by atoms with Gasteiger partial charge in [0.05, 0.1) is 17.7 Å². The van der Waals surface area contributed by atoms with E-state index in [1.807, 2.05) is 20.8 Å². The molecule has 0 atom stereocenters. The second kappa shape index (κ2) is 7.80. The molecule has 0 fully saturated rings. The van der Waals surface area contributed by atoms with Crippen LogP contribution in [-0.4, -0.2) is 16.4 Å². The minimum atomic E-state index is -4.54. The molecular formula is C21H25F5N2O. The molecule has 0 unspecified atom stereocenters. The first kappa shape index (κ1) is 22.9. The van der Waals surface area contributed by atoms with Crippen LogP contribution in [0.25, 0.3) is 0 Å². The summed E-state index contributed by atoms with van der Waals surface area (Å²) in [5.41, 5.74) is -0.372. The first-order chi connectivity index (χ1) is 13.2. The first-order valence-electron chi connectivity index (χ1n) is 9.23. The predicted molar refractivity (Wildman–Crippen MR) is 103 cm³/mol. The molecule has 1 aromatic heterocycles. The van der Waals surface area contributed by atoms with Gasteiger partial charge in [-0.05, 0) is 31.2 Å². The van der Waals surface area contributed by atoms with E-state index in [2.05, 4.69) is 5.32 Å². The van der Waals surface area contributed by atoms with Gasteiger partial charge >= 0.3 is 6.18 Å². The van der Waals surface area contributed by atoms with Gasteiger partial charge in [0.15, 0.2) is 0 Å². The molecule has 1 N–H and O–H groups in total. The van der Waals surface area contributed by atoms with E-state index in [0.717, 1.165) is 12.1 Å². The molecule has 0 bridgehead atoms. The maximum atomic E-state index is 14.1. The molecule has 160 valence electrons. The van der Waals surface area contributed by atoms with Crippen LogP contribution in [0, 0.1) is 6.92 Å². The van der Waals surface area contributed by atoms with Crippen molar-refractivity contribution in [3.05, 3.63) is 52.8 Å². The number of carbonyl (C=O) groups excluding carboxylic acids is 1. The van der Waals surface area contributed by atoms with Gasteiger partial charge in [-0.15, -0.1) is 0 Å². The lowest BCUT2D eigenvalue weighted by molar-refractivity contribution is -0.137. The summed E-state index contributed by atoms with van der Waals surface area (Å²) in [6.07, 6.45) is -4.88. The van der Waals surface area contributed by atoms with Crippen molar-refractivity contribution in [2.75, 3.05) is 5.32 Å². The number of benzene rings is 1. The molecule has 0 aliphatic rings. The third-order valence-electron chi connectivity index (χ3n) is 4.73. The molecule has 1 heterocycles. The highest BCUT2D eigenvalue weighted by Gasteiger charge is 2.33. The van der Waals surface area contributed by atoms with Crippen LogP contribution >= 0.6 is 0 Å². The third-order valence-corrected chi connectivity index (χ3v) is 4.73. The van der Waals surface area contributed by atoms with Gasteiger partial charge < -0.3 is 9.88 Å². The summed E-state index contributed by atoms with van der Waals surface area (Å²) in [6.45, 7) is 7.90. The Bertz CT molecular complexity index is 891. The number of carbonyl (C=O) groups is 1. The summed E-state index contributed by atoms with van der Waals surface area (Å²) in [5, 5.41) is 2.44. The third kappa shape index (κ3) is 5.36. The van der Waals surface area contributed by atoms with Crippen LogP contribution in [0.15, 0.2) is 30.3 Å². The van der Waals surface area contributed by atoms with E-state index in [1.165, 1.54) is 29.7 Å². The molecule has 1 amide bonds. The van der Waals surface area contributed by atoms with Crippen molar-refractivity contribution in [2.24, 2.45) is 0 Å². The average Bonchev–Trinajstić information content (AvgIpc) is 2.91. The first-order valence-corrected chi connectivity index (χ1v) is 9.23. The molecular weight excluding hydrogens is 391 g/mol. The van der Waals surface area contributed by atoms with Crippen molar-refractivity contribution in [2.45, 2.75) is 65.1 Å². The predicted octanol–water partition coefficient (Wildman–Crippen LogP) is 6.41. The lowest BCUT2D eigenvalue weighted by atomic mass is 9.91. The van der Waals surface area contributed by atoms with Crippen LogP contribution in [0.5, 0.6) is 0 Å². The van der Waals surface area contributed by atoms with E-state index in [1.54, 1.807) is 6.92 Å². The fourth-order valence-corrected chi connectivity index (χ4v) is 3.01. The Kier molecular flexibility index (Phi) is 6.16. The fourth-order valence-electron chi connectivity index (χ4n) is 3.01. The Morgan fingerprint density at radius 3 is 2.21 bits per heavy atom. The van der Waals surface area contributed by atoms with Gasteiger partial charge in [-0.2, -0.15) is 13.2 Å². The Morgan fingerprint density at radius 1 is 1.07 bits per heavy atom. The monoisotopic (exact) mass is 416 g/mol. The fraction of sp³-hybridized carbons (Fsp3) is 0.476. The topological polar surface area (TPSA) is 34.0 Å². The van der Waals surface area contributed by atoms with Crippen LogP contribution in [0.4, 0.5) is 27.6 Å². The van der Waals surface area contributed by atoms with Gasteiger partial charge in [0, 0.05) is 28.9 Å². The van der Waals surface area contributed by atoms with Gasteiger partial charge in [0.25, 0.3) is 11.8 Å². The summed E-state index contributed by atoms with van der Waals surface area (Å²) >= 11 is 0. The number of alkyl halides is 5. The molecule has 29 heavy (non-hydrogen) atoms. The summed E-state index contributed by atoms with van der Waals surface area (Å²) in [5.74, 6) is -3.59. The highest BCUT2D eigenvalue weighted by Crippen LogP contribution is 2.33. The second-order valence-corrected chi connectivity index (χ2v) is 8.11. The van der Waals surface area contributed by atoms with Crippen molar-refractivity contribution in [3.63, 3.8) is 0 Å². The van der Waals surface area contributed by atoms with Crippen LogP contribution in [-0.2, 0) is 18.1 Å². The number of rotatable bonds is 5. The molecule has 0 saturated heterocycles. The molecule has 0 saturated carbocycles. The van der Waals surface area contributed by atoms with Crippen molar-refractivity contribution in [1.82, 2.24) is 4.57 Å². The van der Waals surface area contributed by atoms with E-state index in [4.69, 9.17) is 0 Å². The Morgan fingerprint density at radius 2 is 1.69 bits per heavy atom. The highest BCUT2D eigenvalue weighted by atomic mass is 19.4. The van der Waals surface area contributed by atoms with E-state index >= 15 is 0 Å². The summed E-state index contributed by atoms with van der Waals surface area (Å²) < 4.78 is 68.2. The molecule has 0 radical (unpaired) electrons. The largest absolute Gasteiger partial charge is 0.416 e. The minimum Gasteiger partial charge on any atom is -0.342 e. The molecule has 8 heteroatoms. The Balaban J connectivity index is 2.42. The maximum Gasteiger partial charge on any atom is 0.416 e. The van der Waals surface area contributed by atoms with E-state index in [9.17, 15) is 26.7 Å². The van der Waals surface area contributed by atoms with Crippen LogP contribution in [0.3, 0.4) is 0 Å². The second-order valence-electron chi connectivity index (χ2n) is 8.11. The molecule has 0 spiro atoms. The molecule has 2 rings (SSSR count). The highest BCUT2D eigenvalue weighted by molar-refractivity contribution is 6.05. The van der Waals surface area contributed by atoms with Crippen LogP contribution < -0.4 is 5.32 Å². The standard InChI is InChI=1S/C21H25F5N2O/c1-6-20(22,23)12-28-13(2)16(11-17(28)19(3,4)5)18(29)27-15-9-7-8-14(10-15)21(24,25)26/h7-11H,6,12H2,1-5H3,(H,27,29). The van der Waals surface area contributed by atoms with Crippen LogP contribution in [0.2, 0.25) is 0 Å².